The zero-order valence-electron chi connectivity index (χ0n) is 13.1. The van der Waals surface area contributed by atoms with E-state index in [4.69, 9.17) is 20.3 Å². The van der Waals surface area contributed by atoms with E-state index < -0.39 is 6.95 Å². The van der Waals surface area contributed by atoms with Gasteiger partial charge in [-0.05, 0) is 25.7 Å². The van der Waals surface area contributed by atoms with Crippen LogP contribution in [-0.4, -0.2) is 12.2 Å². The lowest BCUT2D eigenvalue weighted by Gasteiger charge is -2.26. The summed E-state index contributed by atoms with van der Waals surface area (Å²) < 4.78 is 23.8. The maximum atomic E-state index is 12.5. The van der Waals surface area contributed by atoms with E-state index in [1.807, 2.05) is 0 Å². The van der Waals surface area contributed by atoms with Crippen molar-refractivity contribution in [3.05, 3.63) is 0 Å². The van der Waals surface area contributed by atoms with Crippen molar-refractivity contribution in [3.8, 4) is 0 Å². The summed E-state index contributed by atoms with van der Waals surface area (Å²) in [6.07, 6.45) is 16.1. The van der Waals surface area contributed by atoms with Crippen molar-refractivity contribution in [2.24, 2.45) is 0 Å². The highest BCUT2D eigenvalue weighted by Crippen LogP contribution is 2.57. The average Bonchev–Trinajstić information content (AvgIpc) is 2.35. The molecule has 0 heterocycles. The second kappa shape index (κ2) is 9.55. The van der Waals surface area contributed by atoms with Gasteiger partial charge in [-0.15, -0.1) is 0 Å². The predicted octanol–water partition coefficient (Wildman–Crippen LogP) is 6.59. The summed E-state index contributed by atoms with van der Waals surface area (Å²) in [5.41, 5.74) is 0. The zero-order chi connectivity index (χ0) is 15.0. The SMILES string of the molecule is O=P(Cl)(OC1CCCCCCC1)OC1CCCCCCC1. The maximum Gasteiger partial charge on any atom is 0.424 e. The van der Waals surface area contributed by atoms with Crippen molar-refractivity contribution in [1.29, 1.82) is 0 Å². The molecule has 0 N–H and O–H groups in total. The lowest BCUT2D eigenvalue weighted by molar-refractivity contribution is 0.0971. The van der Waals surface area contributed by atoms with E-state index in [-0.39, 0.29) is 12.2 Å². The molecule has 0 radical (unpaired) electrons. The number of hydrogen-bond acceptors (Lipinski definition) is 3. The van der Waals surface area contributed by atoms with Crippen LogP contribution in [0.4, 0.5) is 0 Å². The van der Waals surface area contributed by atoms with Crippen LogP contribution in [0.1, 0.15) is 89.9 Å². The van der Waals surface area contributed by atoms with Crippen LogP contribution in [0.5, 0.6) is 0 Å². The van der Waals surface area contributed by atoms with Crippen LogP contribution in [0.15, 0.2) is 0 Å². The summed E-state index contributed by atoms with van der Waals surface area (Å²) in [4.78, 5) is 0. The fraction of sp³-hybridized carbons (Fsp3) is 1.00. The highest BCUT2D eigenvalue weighted by atomic mass is 35.7. The van der Waals surface area contributed by atoms with Gasteiger partial charge < -0.3 is 0 Å². The third kappa shape index (κ3) is 7.50. The van der Waals surface area contributed by atoms with E-state index in [1.54, 1.807) is 0 Å². The van der Waals surface area contributed by atoms with Crippen molar-refractivity contribution in [3.63, 3.8) is 0 Å². The third-order valence-electron chi connectivity index (χ3n) is 4.65. The van der Waals surface area contributed by atoms with E-state index in [2.05, 4.69) is 0 Å². The van der Waals surface area contributed by atoms with Crippen LogP contribution < -0.4 is 0 Å². The largest absolute Gasteiger partial charge is 0.424 e. The van der Waals surface area contributed by atoms with Gasteiger partial charge in [0.1, 0.15) is 0 Å². The van der Waals surface area contributed by atoms with Gasteiger partial charge in [0, 0.05) is 11.2 Å². The van der Waals surface area contributed by atoms with Crippen molar-refractivity contribution in [1.82, 2.24) is 0 Å². The Labute approximate surface area is 134 Å². The van der Waals surface area contributed by atoms with Gasteiger partial charge in [-0.2, -0.15) is 0 Å². The first kappa shape index (κ1) is 17.8. The standard InChI is InChI=1S/C16H30ClO3P/c17-21(18,19-15-11-7-3-1-4-8-12-15)20-16-13-9-5-2-6-10-14-16/h15-16H,1-14H2. The highest BCUT2D eigenvalue weighted by molar-refractivity contribution is 7.81. The van der Waals surface area contributed by atoms with E-state index in [1.165, 1.54) is 38.5 Å². The van der Waals surface area contributed by atoms with Crippen LogP contribution in [0.25, 0.3) is 0 Å². The Hall–Kier alpha value is 0.440. The molecule has 0 aromatic heterocycles. The molecule has 0 aromatic rings. The molecule has 0 spiro atoms. The van der Waals surface area contributed by atoms with Gasteiger partial charge in [-0.25, -0.2) is 4.57 Å². The van der Waals surface area contributed by atoms with Crippen molar-refractivity contribution < 1.29 is 13.6 Å². The summed E-state index contributed by atoms with van der Waals surface area (Å²) in [5.74, 6) is 0. The van der Waals surface area contributed by atoms with Crippen LogP contribution in [0.2, 0.25) is 0 Å². The van der Waals surface area contributed by atoms with Gasteiger partial charge in [0.25, 0.3) is 0 Å². The van der Waals surface area contributed by atoms with E-state index >= 15 is 0 Å². The minimum absolute atomic E-state index is 0.0159. The molecule has 5 heteroatoms. The van der Waals surface area contributed by atoms with Gasteiger partial charge in [0.2, 0.25) is 0 Å². The summed E-state index contributed by atoms with van der Waals surface area (Å²) in [6.45, 7) is -3.42. The van der Waals surface area contributed by atoms with Crippen LogP contribution in [-0.2, 0) is 13.6 Å². The molecule has 0 bridgehead atoms. The molecule has 0 aromatic carbocycles. The predicted molar refractivity (Wildman–Crippen MR) is 87.8 cm³/mol. The van der Waals surface area contributed by atoms with Crippen molar-refractivity contribution in [2.45, 2.75) is 102 Å². The Morgan fingerprint density at radius 2 is 0.905 bits per heavy atom. The Kier molecular flexibility index (Phi) is 8.09. The lowest BCUT2D eigenvalue weighted by atomic mass is 9.99. The van der Waals surface area contributed by atoms with Gasteiger partial charge in [-0.3, -0.25) is 9.05 Å². The molecule has 2 rings (SSSR count). The quantitative estimate of drug-likeness (QED) is 0.543. The molecule has 124 valence electrons. The topological polar surface area (TPSA) is 35.5 Å². The average molecular weight is 337 g/mol. The molecule has 2 fully saturated rings. The smallest absolute Gasteiger partial charge is 0.294 e. The molecule has 2 saturated carbocycles. The Balaban J connectivity index is 1.79. The fourth-order valence-electron chi connectivity index (χ4n) is 3.43. The molecule has 2 aliphatic rings. The van der Waals surface area contributed by atoms with Gasteiger partial charge in [0.05, 0.1) is 12.2 Å². The van der Waals surface area contributed by atoms with Gasteiger partial charge >= 0.3 is 6.95 Å². The highest BCUT2D eigenvalue weighted by Gasteiger charge is 2.30. The summed E-state index contributed by atoms with van der Waals surface area (Å²) in [5, 5.41) is 0. The maximum absolute atomic E-state index is 12.5. The van der Waals surface area contributed by atoms with Crippen LogP contribution >= 0.6 is 18.2 Å². The number of rotatable bonds is 4. The zero-order valence-corrected chi connectivity index (χ0v) is 14.8. The Bertz CT molecular complexity index is 293. The van der Waals surface area contributed by atoms with Gasteiger partial charge in [0.15, 0.2) is 0 Å². The van der Waals surface area contributed by atoms with Crippen molar-refractivity contribution >= 4 is 18.2 Å². The molecule has 0 amide bonds. The first-order valence-electron chi connectivity index (χ1n) is 8.82. The minimum Gasteiger partial charge on any atom is -0.294 e. The summed E-state index contributed by atoms with van der Waals surface area (Å²) in [6, 6.07) is 0. The monoisotopic (exact) mass is 336 g/mol. The molecule has 0 unspecified atom stereocenters. The molecule has 0 aliphatic heterocycles. The molecule has 3 nitrogen and oxygen atoms in total. The summed E-state index contributed by atoms with van der Waals surface area (Å²) in [7, 11) is 0. The molecular formula is C16H30ClO3P. The first-order chi connectivity index (χ1) is 10.2. The Morgan fingerprint density at radius 1 is 0.619 bits per heavy atom. The van der Waals surface area contributed by atoms with E-state index in [0.717, 1.165) is 51.4 Å². The second-order valence-electron chi connectivity index (χ2n) is 6.58. The molecule has 21 heavy (non-hydrogen) atoms. The van der Waals surface area contributed by atoms with Gasteiger partial charge in [-0.1, -0.05) is 64.2 Å². The fourth-order valence-corrected chi connectivity index (χ4v) is 5.29. The van der Waals surface area contributed by atoms with Crippen LogP contribution in [0.3, 0.4) is 0 Å². The second-order valence-corrected chi connectivity index (χ2v) is 9.10. The number of halogens is 1. The summed E-state index contributed by atoms with van der Waals surface area (Å²) >= 11 is 6.10. The van der Waals surface area contributed by atoms with E-state index in [9.17, 15) is 4.57 Å². The molecule has 0 atom stereocenters. The third-order valence-corrected chi connectivity index (χ3v) is 6.23. The Morgan fingerprint density at radius 3 is 1.24 bits per heavy atom. The minimum atomic E-state index is -3.42. The van der Waals surface area contributed by atoms with Crippen molar-refractivity contribution in [2.75, 3.05) is 0 Å². The first-order valence-corrected chi connectivity index (χ1v) is 11.3. The number of hydrogen-bond donors (Lipinski definition) is 0. The van der Waals surface area contributed by atoms with E-state index in [0.29, 0.717) is 0 Å². The molecule has 2 aliphatic carbocycles. The normalized spacial score (nSPS) is 24.8. The molecular weight excluding hydrogens is 307 g/mol. The lowest BCUT2D eigenvalue weighted by Crippen LogP contribution is -2.17. The van der Waals surface area contributed by atoms with Crippen LogP contribution in [0, 0.1) is 0 Å². The molecule has 0 saturated heterocycles.